The molecule has 2 rings (SSSR count). The Kier molecular flexibility index (Phi) is 16.6. The minimum atomic E-state index is -2.02. The first-order valence-electron chi connectivity index (χ1n) is 12.1. The predicted octanol–water partition coefficient (Wildman–Crippen LogP) is 10.5. The zero-order valence-electron chi connectivity index (χ0n) is 24.0. The summed E-state index contributed by atoms with van der Waals surface area (Å²) in [5, 5.41) is 21.0. The van der Waals surface area contributed by atoms with Crippen LogP contribution in [0.25, 0.3) is 5.16 Å². The molecule has 0 heterocycles. The van der Waals surface area contributed by atoms with E-state index < -0.39 is 7.05 Å². The van der Waals surface area contributed by atoms with Crippen molar-refractivity contribution in [2.24, 2.45) is 0 Å². The molecular formula is C29H50ClNOPTi. The van der Waals surface area contributed by atoms with Gasteiger partial charge in [0.2, 0.25) is 0 Å². The Balaban J connectivity index is 0. The fourth-order valence-electron chi connectivity index (χ4n) is 4.85. The molecule has 0 spiro atoms. The molecule has 1 aliphatic rings. The number of para-hydroxylation sites is 1. The Morgan fingerprint density at radius 3 is 1.06 bits per heavy atom. The van der Waals surface area contributed by atoms with Crippen LogP contribution in [0.3, 0.4) is 0 Å². The standard InChI is InChI=1S/C12H27NP.C12H18O.C5H5.ClH.Ti/c1-10(2,3)14(13,11(4,5)6)12(7,8)9;1-8(2)10-6-5-7-11(9(3)4)12(10)13;1-2-4-5-3-1;;/h1-9H3;5-9,13H,1-4H3;1-5H;1H;/q-1;;;;+2/p-1. The Bertz CT molecular complexity index is 659. The summed E-state index contributed by atoms with van der Waals surface area (Å²) < 4.78 is 0. The van der Waals surface area contributed by atoms with Gasteiger partial charge in [0.05, 0.1) is 0 Å². The van der Waals surface area contributed by atoms with E-state index in [2.05, 4.69) is 99.3 Å². The molecule has 0 saturated heterocycles. The van der Waals surface area contributed by atoms with Crippen LogP contribution in [-0.2, 0) is 19.4 Å². The van der Waals surface area contributed by atoms with E-state index >= 15 is 0 Å². The Labute approximate surface area is 229 Å². The van der Waals surface area contributed by atoms with Crippen molar-refractivity contribution in [3.05, 3.63) is 66.6 Å². The number of hydrogen-bond acceptors (Lipinski definition) is 1. The van der Waals surface area contributed by atoms with Crippen molar-refractivity contribution in [3.63, 3.8) is 0 Å². The van der Waals surface area contributed by atoms with Gasteiger partial charge in [-0.05, 0) is 70.5 Å². The average molecular weight is 543 g/mol. The molecule has 2 nitrogen and oxygen atoms in total. The molecule has 34 heavy (non-hydrogen) atoms. The van der Waals surface area contributed by atoms with Gasteiger partial charge in [-0.2, -0.15) is 0 Å². The molecule has 0 atom stereocenters. The third-order valence-electron chi connectivity index (χ3n) is 5.81. The van der Waals surface area contributed by atoms with Crippen molar-refractivity contribution in [1.29, 1.82) is 0 Å². The van der Waals surface area contributed by atoms with Crippen LogP contribution < -0.4 is 0 Å². The van der Waals surface area contributed by atoms with Crippen LogP contribution in [0.15, 0.2) is 18.2 Å². The van der Waals surface area contributed by atoms with Gasteiger partial charge in [-0.3, -0.25) is 0 Å². The van der Waals surface area contributed by atoms with Gasteiger partial charge in [0, 0.05) is 0 Å². The third-order valence-corrected chi connectivity index (χ3v) is 11.6. The summed E-state index contributed by atoms with van der Waals surface area (Å²) >= 11 is 1.47. The molecule has 0 aliphatic heterocycles. The molecule has 1 aromatic rings. The summed E-state index contributed by atoms with van der Waals surface area (Å²) in [6.45, 7) is 27.9. The molecule has 0 bridgehead atoms. The zero-order chi connectivity index (χ0) is 27.5. The monoisotopic (exact) mass is 542 g/mol. The van der Waals surface area contributed by atoms with E-state index in [1.165, 1.54) is 19.4 Å². The second-order valence-corrected chi connectivity index (χ2v) is 17.5. The van der Waals surface area contributed by atoms with E-state index in [1.807, 2.05) is 50.3 Å². The second-order valence-electron chi connectivity index (χ2n) is 12.2. The van der Waals surface area contributed by atoms with Gasteiger partial charge in [-0.25, -0.2) is 7.05 Å². The van der Waals surface area contributed by atoms with Gasteiger partial charge in [0.1, 0.15) is 5.75 Å². The van der Waals surface area contributed by atoms with Crippen LogP contribution in [0.4, 0.5) is 0 Å². The Hall–Kier alpha value is 0.254. The van der Waals surface area contributed by atoms with Gasteiger partial charge in [0.15, 0.2) is 0 Å². The molecule has 1 N–H and O–H groups in total. The first-order chi connectivity index (χ1) is 15.3. The number of aromatic hydroxyl groups is 1. The van der Waals surface area contributed by atoms with Crippen molar-refractivity contribution in [3.8, 4) is 5.75 Å². The summed E-state index contributed by atoms with van der Waals surface area (Å²) in [6.07, 6.45) is 10.0. The van der Waals surface area contributed by atoms with Gasteiger partial charge in [0.25, 0.3) is 0 Å². The van der Waals surface area contributed by atoms with Crippen LogP contribution >= 0.6 is 16.4 Å². The van der Waals surface area contributed by atoms with E-state index in [4.69, 9.17) is 0 Å². The fourth-order valence-corrected chi connectivity index (χ4v) is 10.9. The summed E-state index contributed by atoms with van der Waals surface area (Å²) in [5.41, 5.74) is 2.09. The van der Waals surface area contributed by atoms with Crippen LogP contribution in [-0.4, -0.2) is 20.6 Å². The van der Waals surface area contributed by atoms with Crippen LogP contribution in [0.1, 0.15) is 113 Å². The van der Waals surface area contributed by atoms with E-state index in [0.717, 1.165) is 11.1 Å². The molecule has 0 aromatic heterocycles. The normalized spacial score (nSPS) is 14.4. The Morgan fingerprint density at radius 1 is 0.676 bits per heavy atom. The summed E-state index contributed by atoms with van der Waals surface area (Å²) in [4.78, 5) is 0. The van der Waals surface area contributed by atoms with Gasteiger partial charge in [-0.1, -0.05) is 108 Å². The summed E-state index contributed by atoms with van der Waals surface area (Å²) in [7, 11) is 2.62. The third kappa shape index (κ3) is 10.7. The quantitative estimate of drug-likeness (QED) is 0.293. The number of benzene rings is 1. The number of rotatable bonds is 2. The molecular weight excluding hydrogens is 493 g/mol. The van der Waals surface area contributed by atoms with Crippen LogP contribution in [0, 0.1) is 32.1 Å². The van der Waals surface area contributed by atoms with E-state index in [1.54, 1.807) is 0 Å². The van der Waals surface area contributed by atoms with Gasteiger partial charge >= 0.3 is 28.7 Å². The van der Waals surface area contributed by atoms with Gasteiger partial charge in [-0.15, -0.1) is 0 Å². The van der Waals surface area contributed by atoms with Crippen LogP contribution in [0.2, 0.25) is 0 Å². The van der Waals surface area contributed by atoms with Crippen LogP contribution in [0.5, 0.6) is 5.75 Å². The number of hydrogen-bond donors (Lipinski definition) is 1. The molecule has 1 saturated carbocycles. The maximum absolute atomic E-state index is 11.1. The van der Waals surface area contributed by atoms with Crippen molar-refractivity contribution < 1.29 is 24.5 Å². The average Bonchev–Trinajstić information content (AvgIpc) is 3.26. The SMILES string of the molecule is CC(C)(C)P(=[N-])(C(C)(C)C)C(C)(C)C.CC(C)c1cccc(C(C)C)c1O.[CH]1[CH][CH][CH][CH]1.[Cl][Ti+]. The fraction of sp³-hybridized carbons (Fsp3) is 0.621. The van der Waals surface area contributed by atoms with E-state index in [9.17, 15) is 10.3 Å². The van der Waals surface area contributed by atoms with Crippen molar-refractivity contribution in [2.45, 2.75) is 117 Å². The van der Waals surface area contributed by atoms with Crippen molar-refractivity contribution in [2.75, 3.05) is 0 Å². The minimum absolute atomic E-state index is 0.0104. The molecule has 193 valence electrons. The number of nitrogens with zero attached hydrogens (tertiary/aromatic N) is 1. The zero-order valence-corrected chi connectivity index (χ0v) is 27.2. The first-order valence-corrected chi connectivity index (χ1v) is 16.0. The van der Waals surface area contributed by atoms with Crippen molar-refractivity contribution in [1.82, 2.24) is 0 Å². The van der Waals surface area contributed by atoms with E-state index in [0.29, 0.717) is 17.6 Å². The number of phenols is 1. The van der Waals surface area contributed by atoms with Gasteiger partial charge < -0.3 is 10.3 Å². The molecule has 1 aromatic carbocycles. The summed E-state index contributed by atoms with van der Waals surface area (Å²) in [6, 6.07) is 6.00. The molecule has 5 radical (unpaired) electrons. The first kappa shape index (κ1) is 36.4. The van der Waals surface area contributed by atoms with Crippen molar-refractivity contribution >= 4 is 16.4 Å². The Morgan fingerprint density at radius 2 is 0.912 bits per heavy atom. The number of phenolic OH excluding ortho intramolecular Hbond substituents is 1. The number of halogens is 1. The maximum atomic E-state index is 11.1. The van der Waals surface area contributed by atoms with E-state index in [-0.39, 0.29) is 15.5 Å². The molecule has 1 fully saturated rings. The second kappa shape index (κ2) is 15.5. The summed E-state index contributed by atoms with van der Waals surface area (Å²) in [5.74, 6) is 1.25. The molecule has 0 unspecified atom stereocenters. The topological polar surface area (TPSA) is 42.5 Å². The molecule has 0 amide bonds. The molecule has 1 aliphatic carbocycles. The molecule has 5 heteroatoms. The predicted molar refractivity (Wildman–Crippen MR) is 153 cm³/mol.